The number of allylic oxidation sites excluding steroid dienone is 4. The first-order valence-corrected chi connectivity index (χ1v) is 13.8. The number of aliphatic hydroxyl groups excluding tert-OH is 1. The van der Waals surface area contributed by atoms with Crippen molar-refractivity contribution in [2.45, 2.75) is 110 Å². The number of hydrogen-bond donors (Lipinski definition) is 1. The summed E-state index contributed by atoms with van der Waals surface area (Å²) in [5.41, 5.74) is -5.17. The zero-order chi connectivity index (χ0) is 28.1. The molecule has 0 aromatic heterocycles. The number of fused-ring (bicyclic) bond motifs is 7. The Labute approximate surface area is 224 Å². The molecule has 0 radical (unpaired) electrons. The molecule has 4 fully saturated rings. The molecular formula is C30H41FO7. The first-order chi connectivity index (χ1) is 17.4. The quantitative estimate of drug-likeness (QED) is 0.536. The molecule has 0 aromatic carbocycles. The van der Waals surface area contributed by atoms with Crippen molar-refractivity contribution < 1.29 is 38.1 Å². The average Bonchev–Trinajstić information content (AvgIpc) is 3.18. The number of ketones is 2. The third-order valence-corrected chi connectivity index (χ3v) is 10.1. The van der Waals surface area contributed by atoms with Crippen LogP contribution < -0.4 is 0 Å². The highest BCUT2D eigenvalue weighted by molar-refractivity contribution is 6.01. The molecule has 8 atom stereocenters. The summed E-state index contributed by atoms with van der Waals surface area (Å²) >= 11 is 0. The van der Waals surface area contributed by atoms with Gasteiger partial charge in [0.05, 0.1) is 18.6 Å². The summed E-state index contributed by atoms with van der Waals surface area (Å²) in [6.45, 7) is 12.4. The zero-order valence-corrected chi connectivity index (χ0v) is 23.6. The number of esters is 1. The largest absolute Gasteiger partial charge is 0.458 e. The van der Waals surface area contributed by atoms with Gasteiger partial charge < -0.3 is 19.3 Å². The number of carbonyl (C=O) groups excluding carboxylic acids is 3. The number of aliphatic hydroxyl groups is 1. The maximum absolute atomic E-state index is 17.4. The molecule has 1 saturated heterocycles. The summed E-state index contributed by atoms with van der Waals surface area (Å²) in [7, 11) is 0. The highest BCUT2D eigenvalue weighted by Crippen LogP contribution is 2.72. The lowest BCUT2D eigenvalue weighted by Gasteiger charge is -2.62. The lowest BCUT2D eigenvalue weighted by atomic mass is 9.44. The smallest absolute Gasteiger partial charge is 0.306 e. The molecule has 0 unspecified atom stereocenters. The van der Waals surface area contributed by atoms with Gasteiger partial charge in [-0.3, -0.25) is 14.4 Å². The molecule has 3 saturated carbocycles. The van der Waals surface area contributed by atoms with Crippen LogP contribution >= 0.6 is 0 Å². The molecule has 1 aliphatic heterocycles. The van der Waals surface area contributed by atoms with E-state index in [0.29, 0.717) is 24.8 Å². The van der Waals surface area contributed by atoms with Crippen molar-refractivity contribution in [1.29, 1.82) is 0 Å². The number of halogens is 1. The molecule has 1 N–H and O–H groups in total. The van der Waals surface area contributed by atoms with Crippen molar-refractivity contribution in [1.82, 2.24) is 0 Å². The van der Waals surface area contributed by atoms with Gasteiger partial charge in [0.1, 0.15) is 0 Å². The van der Waals surface area contributed by atoms with Gasteiger partial charge in [0.2, 0.25) is 5.78 Å². The highest BCUT2D eigenvalue weighted by atomic mass is 19.1. The van der Waals surface area contributed by atoms with Crippen molar-refractivity contribution in [2.75, 3.05) is 6.61 Å². The highest BCUT2D eigenvalue weighted by Gasteiger charge is 2.80. The first kappa shape index (κ1) is 27.7. The Hall–Kier alpha value is -1.90. The Balaban J connectivity index is 1.51. The van der Waals surface area contributed by atoms with Crippen LogP contribution in [0.3, 0.4) is 0 Å². The molecule has 8 heteroatoms. The summed E-state index contributed by atoms with van der Waals surface area (Å²) in [4.78, 5) is 38.6. The van der Waals surface area contributed by atoms with E-state index in [2.05, 4.69) is 0 Å². The van der Waals surface area contributed by atoms with Crippen LogP contribution in [0.2, 0.25) is 0 Å². The first-order valence-electron chi connectivity index (χ1n) is 13.8. The number of hydrogen-bond acceptors (Lipinski definition) is 7. The second-order valence-electron chi connectivity index (χ2n) is 14.2. The third-order valence-electron chi connectivity index (χ3n) is 10.1. The second kappa shape index (κ2) is 8.31. The lowest BCUT2D eigenvalue weighted by molar-refractivity contribution is -0.246. The van der Waals surface area contributed by atoms with Gasteiger partial charge >= 0.3 is 5.97 Å². The number of rotatable bonds is 4. The van der Waals surface area contributed by atoms with Gasteiger partial charge in [-0.05, 0) is 69.9 Å². The summed E-state index contributed by atoms with van der Waals surface area (Å²) in [5.74, 6) is -3.02. The van der Waals surface area contributed by atoms with E-state index in [0.717, 1.165) is 0 Å². The second-order valence-corrected chi connectivity index (χ2v) is 14.2. The van der Waals surface area contributed by atoms with Crippen LogP contribution in [0.15, 0.2) is 23.8 Å². The molecule has 0 aromatic rings. The molecule has 4 aliphatic carbocycles. The molecule has 0 amide bonds. The van der Waals surface area contributed by atoms with Gasteiger partial charge in [-0.2, -0.15) is 0 Å². The topological polar surface area (TPSA) is 99.1 Å². The average molecular weight is 533 g/mol. The minimum atomic E-state index is -2.02. The normalized spacial score (nSPS) is 45.0. The van der Waals surface area contributed by atoms with Crippen LogP contribution in [-0.4, -0.2) is 58.5 Å². The summed E-state index contributed by atoms with van der Waals surface area (Å²) in [6, 6.07) is 0. The maximum atomic E-state index is 17.4. The van der Waals surface area contributed by atoms with E-state index in [1.54, 1.807) is 26.8 Å². The van der Waals surface area contributed by atoms with E-state index in [4.69, 9.17) is 14.2 Å². The molecule has 1 heterocycles. The van der Waals surface area contributed by atoms with E-state index in [9.17, 15) is 19.5 Å². The van der Waals surface area contributed by atoms with Crippen LogP contribution in [0, 0.1) is 28.1 Å². The number of alkyl halides is 1. The van der Waals surface area contributed by atoms with Crippen molar-refractivity contribution in [3.05, 3.63) is 23.8 Å². The van der Waals surface area contributed by atoms with Crippen LogP contribution in [0.25, 0.3) is 0 Å². The van der Waals surface area contributed by atoms with Crippen LogP contribution in [0.1, 0.15) is 80.6 Å². The van der Waals surface area contributed by atoms with E-state index in [-0.39, 0.29) is 30.0 Å². The van der Waals surface area contributed by atoms with Crippen LogP contribution in [0.4, 0.5) is 4.39 Å². The fraction of sp³-hybridized carbons (Fsp3) is 0.767. The lowest BCUT2D eigenvalue weighted by Crippen LogP contribution is -2.70. The minimum Gasteiger partial charge on any atom is -0.458 e. The van der Waals surface area contributed by atoms with E-state index >= 15 is 4.39 Å². The molecule has 0 bridgehead atoms. The van der Waals surface area contributed by atoms with Gasteiger partial charge in [0.25, 0.3) is 0 Å². The standard InChI is InChI=1S/C30H41FO7/c1-25(2,3)15-24(35)36-16-22(34)30-23(37-26(4,5)38-30)13-20-19-9-8-17-12-18(32)10-11-27(17,6)29(19,31)21(33)14-28(20,30)7/h10-12,19-21,23,33H,8-9,13-16H2,1-7H3/t19-,20-,21-,23-,27-,28-,29+,30+/m0/s1. The van der Waals surface area contributed by atoms with Gasteiger partial charge in [-0.1, -0.05) is 39.3 Å². The Kier molecular flexibility index (Phi) is 6.05. The summed E-state index contributed by atoms with van der Waals surface area (Å²) in [6.07, 6.45) is 3.96. The molecule has 5 rings (SSSR count). The van der Waals surface area contributed by atoms with E-state index in [1.165, 1.54) is 12.2 Å². The van der Waals surface area contributed by atoms with Gasteiger partial charge in [-0.25, -0.2) is 4.39 Å². The zero-order valence-electron chi connectivity index (χ0n) is 23.6. The van der Waals surface area contributed by atoms with Crippen LogP contribution in [0.5, 0.6) is 0 Å². The van der Waals surface area contributed by atoms with Crippen molar-refractivity contribution >= 4 is 17.5 Å². The Morgan fingerprint density at radius 2 is 1.87 bits per heavy atom. The summed E-state index contributed by atoms with van der Waals surface area (Å²) in [5, 5.41) is 11.6. The Bertz CT molecular complexity index is 1130. The number of ether oxygens (including phenoxy) is 3. The molecule has 5 aliphatic rings. The molecule has 7 nitrogen and oxygen atoms in total. The predicted molar refractivity (Wildman–Crippen MR) is 137 cm³/mol. The van der Waals surface area contributed by atoms with Crippen molar-refractivity contribution in [3.63, 3.8) is 0 Å². The molecular weight excluding hydrogens is 491 g/mol. The molecule has 0 spiro atoms. The van der Waals surface area contributed by atoms with Crippen molar-refractivity contribution in [3.8, 4) is 0 Å². The van der Waals surface area contributed by atoms with Gasteiger partial charge in [-0.15, -0.1) is 0 Å². The molecule has 210 valence electrons. The fourth-order valence-electron chi connectivity index (χ4n) is 8.55. The minimum absolute atomic E-state index is 0.0209. The van der Waals surface area contributed by atoms with Crippen LogP contribution in [-0.2, 0) is 28.6 Å². The third kappa shape index (κ3) is 3.66. The van der Waals surface area contributed by atoms with Gasteiger partial charge in [0, 0.05) is 16.7 Å². The van der Waals surface area contributed by atoms with Gasteiger partial charge in [0.15, 0.2) is 29.4 Å². The van der Waals surface area contributed by atoms with E-state index in [1.807, 2.05) is 27.7 Å². The monoisotopic (exact) mass is 532 g/mol. The fourth-order valence-corrected chi connectivity index (χ4v) is 8.55. The Morgan fingerprint density at radius 1 is 1.18 bits per heavy atom. The van der Waals surface area contributed by atoms with E-state index < -0.39 is 64.4 Å². The Morgan fingerprint density at radius 3 is 2.53 bits per heavy atom. The maximum Gasteiger partial charge on any atom is 0.306 e. The van der Waals surface area contributed by atoms with Crippen molar-refractivity contribution in [2.24, 2.45) is 28.1 Å². The number of Topliss-reactive ketones (excluding diaryl/α,β-unsaturated/α-hetero) is 1. The predicted octanol–water partition coefficient (Wildman–Crippen LogP) is 4.41. The summed E-state index contributed by atoms with van der Waals surface area (Å²) < 4.78 is 35.6. The molecule has 38 heavy (non-hydrogen) atoms. The number of carbonyl (C=O) groups is 3. The SMILES string of the molecule is CC(C)(C)CC(=O)OCC(=O)[C@@]12OC(C)(C)O[C@H]1C[C@H]1[C@@H]3CCC4=CC(=O)C=C[C@]4(C)[C@]3(F)[C@@H](O)C[C@@]12C.